The van der Waals surface area contributed by atoms with E-state index < -0.39 is 0 Å². The average Bonchev–Trinajstić information content (AvgIpc) is 2.37. The van der Waals surface area contributed by atoms with Gasteiger partial charge in [0.15, 0.2) is 0 Å². The fourth-order valence-electron chi connectivity index (χ4n) is 2.76. The Morgan fingerprint density at radius 3 is 2.41 bits per heavy atom. The molecule has 1 aromatic carbocycles. The number of fused-ring (bicyclic) bond motifs is 2. The summed E-state index contributed by atoms with van der Waals surface area (Å²) in [5.74, 6) is 0.939. The SMILES string of the molecule is COc1ccc(CN2C3CNCC2C3)cc1.Cl. The molecule has 0 spiro atoms. The number of hydrogen-bond acceptors (Lipinski definition) is 3. The number of nitrogens with one attached hydrogen (secondary N) is 1. The summed E-state index contributed by atoms with van der Waals surface area (Å²) in [5, 5.41) is 3.46. The molecule has 0 aromatic heterocycles. The first-order valence-corrected chi connectivity index (χ1v) is 5.96. The van der Waals surface area contributed by atoms with Gasteiger partial charge in [-0.3, -0.25) is 4.90 Å². The molecule has 2 saturated heterocycles. The molecule has 1 N–H and O–H groups in total. The fourth-order valence-corrected chi connectivity index (χ4v) is 2.76. The standard InChI is InChI=1S/C13H18N2O.ClH/c1-16-13-4-2-10(3-5-13)9-15-11-6-12(15)8-14-7-11;/h2-5,11-12,14H,6-9H2,1H3;1H. The van der Waals surface area contributed by atoms with Gasteiger partial charge in [-0.1, -0.05) is 12.1 Å². The van der Waals surface area contributed by atoms with E-state index in [1.807, 2.05) is 12.1 Å². The van der Waals surface area contributed by atoms with Crippen molar-refractivity contribution < 1.29 is 4.74 Å². The second kappa shape index (κ2) is 5.25. The van der Waals surface area contributed by atoms with Crippen LogP contribution in [0.15, 0.2) is 24.3 Å². The maximum atomic E-state index is 5.17. The minimum absolute atomic E-state index is 0. The molecule has 4 heteroatoms. The van der Waals surface area contributed by atoms with Crippen LogP contribution in [0, 0.1) is 0 Å². The summed E-state index contributed by atoms with van der Waals surface area (Å²) in [6.07, 6.45) is 1.38. The number of benzene rings is 1. The zero-order valence-corrected chi connectivity index (χ0v) is 10.9. The molecular formula is C13H19ClN2O. The third kappa shape index (κ3) is 2.41. The van der Waals surface area contributed by atoms with Crippen molar-refractivity contribution >= 4 is 12.4 Å². The first-order valence-electron chi connectivity index (χ1n) is 5.96. The van der Waals surface area contributed by atoms with Crippen LogP contribution in [-0.2, 0) is 6.54 Å². The van der Waals surface area contributed by atoms with Gasteiger partial charge < -0.3 is 10.1 Å². The summed E-state index contributed by atoms with van der Waals surface area (Å²) >= 11 is 0. The Kier molecular flexibility index (Phi) is 3.92. The van der Waals surface area contributed by atoms with Gasteiger partial charge in [-0.2, -0.15) is 0 Å². The Hall–Kier alpha value is -0.770. The molecule has 2 heterocycles. The number of nitrogens with zero attached hydrogens (tertiary/aromatic N) is 1. The van der Waals surface area contributed by atoms with Gasteiger partial charge in [-0.15, -0.1) is 12.4 Å². The molecule has 0 amide bonds. The second-order valence-electron chi connectivity index (χ2n) is 4.72. The average molecular weight is 255 g/mol. The number of ether oxygens (including phenoxy) is 1. The minimum Gasteiger partial charge on any atom is -0.497 e. The lowest BCUT2D eigenvalue weighted by atomic mass is 9.88. The zero-order valence-electron chi connectivity index (χ0n) is 10.1. The highest BCUT2D eigenvalue weighted by Gasteiger charge is 2.40. The van der Waals surface area contributed by atoms with Crippen molar-refractivity contribution in [3.63, 3.8) is 0 Å². The van der Waals surface area contributed by atoms with Crippen LogP contribution in [0.4, 0.5) is 0 Å². The Balaban J connectivity index is 0.00000108. The van der Waals surface area contributed by atoms with Gasteiger partial charge in [0.25, 0.3) is 0 Å². The molecule has 1 aromatic rings. The van der Waals surface area contributed by atoms with Gasteiger partial charge in [0, 0.05) is 31.7 Å². The number of halogens is 1. The monoisotopic (exact) mass is 254 g/mol. The Bertz CT molecular complexity index is 354. The van der Waals surface area contributed by atoms with E-state index in [2.05, 4.69) is 22.3 Å². The van der Waals surface area contributed by atoms with E-state index in [0.717, 1.165) is 37.5 Å². The number of piperidine rings is 1. The molecule has 2 fully saturated rings. The van der Waals surface area contributed by atoms with Crippen molar-refractivity contribution in [2.24, 2.45) is 0 Å². The van der Waals surface area contributed by atoms with Crippen molar-refractivity contribution in [3.05, 3.63) is 29.8 Å². The van der Waals surface area contributed by atoms with Gasteiger partial charge in [0.2, 0.25) is 0 Å². The number of methoxy groups -OCH3 is 1. The molecule has 2 atom stereocenters. The van der Waals surface area contributed by atoms with Crippen molar-refractivity contribution in [1.29, 1.82) is 0 Å². The van der Waals surface area contributed by atoms with E-state index in [1.54, 1.807) is 7.11 Å². The lowest BCUT2D eigenvalue weighted by Crippen LogP contribution is -2.67. The summed E-state index contributed by atoms with van der Waals surface area (Å²) in [6.45, 7) is 3.40. The van der Waals surface area contributed by atoms with Gasteiger partial charge in [-0.25, -0.2) is 0 Å². The van der Waals surface area contributed by atoms with E-state index >= 15 is 0 Å². The number of piperazine rings is 1. The van der Waals surface area contributed by atoms with Gasteiger partial charge in [-0.05, 0) is 24.1 Å². The molecule has 2 aliphatic heterocycles. The zero-order chi connectivity index (χ0) is 11.0. The highest BCUT2D eigenvalue weighted by Crippen LogP contribution is 2.30. The van der Waals surface area contributed by atoms with Crippen LogP contribution < -0.4 is 10.1 Å². The first kappa shape index (κ1) is 12.7. The van der Waals surface area contributed by atoms with Gasteiger partial charge in [0.05, 0.1) is 7.11 Å². The molecule has 2 unspecified atom stereocenters. The largest absolute Gasteiger partial charge is 0.497 e. The molecular weight excluding hydrogens is 236 g/mol. The first-order chi connectivity index (χ1) is 7.86. The van der Waals surface area contributed by atoms with Crippen LogP contribution in [0.1, 0.15) is 12.0 Å². The smallest absolute Gasteiger partial charge is 0.118 e. The molecule has 3 nitrogen and oxygen atoms in total. The third-order valence-electron chi connectivity index (χ3n) is 3.77. The van der Waals surface area contributed by atoms with E-state index in [-0.39, 0.29) is 12.4 Å². The molecule has 0 radical (unpaired) electrons. The summed E-state index contributed by atoms with van der Waals surface area (Å²) < 4.78 is 5.17. The number of hydrogen-bond donors (Lipinski definition) is 1. The van der Waals surface area contributed by atoms with Crippen molar-refractivity contribution in [2.75, 3.05) is 20.2 Å². The molecule has 2 aliphatic rings. The van der Waals surface area contributed by atoms with E-state index in [9.17, 15) is 0 Å². The van der Waals surface area contributed by atoms with Crippen molar-refractivity contribution in [3.8, 4) is 5.75 Å². The predicted octanol–water partition coefficient (Wildman–Crippen LogP) is 1.66. The maximum Gasteiger partial charge on any atom is 0.118 e. The second-order valence-corrected chi connectivity index (χ2v) is 4.72. The van der Waals surface area contributed by atoms with E-state index in [1.165, 1.54) is 12.0 Å². The summed E-state index contributed by atoms with van der Waals surface area (Å²) in [4.78, 5) is 2.61. The molecule has 94 valence electrons. The lowest BCUT2D eigenvalue weighted by molar-refractivity contribution is -0.0206. The van der Waals surface area contributed by atoms with Crippen molar-refractivity contribution in [1.82, 2.24) is 10.2 Å². The highest BCUT2D eigenvalue weighted by molar-refractivity contribution is 5.85. The highest BCUT2D eigenvalue weighted by atomic mass is 35.5. The summed E-state index contributed by atoms with van der Waals surface area (Å²) in [6, 6.07) is 9.95. The topological polar surface area (TPSA) is 24.5 Å². The van der Waals surface area contributed by atoms with E-state index in [0.29, 0.717) is 0 Å². The minimum atomic E-state index is 0. The quantitative estimate of drug-likeness (QED) is 0.888. The van der Waals surface area contributed by atoms with Crippen LogP contribution >= 0.6 is 12.4 Å². The molecule has 0 aliphatic carbocycles. The Morgan fingerprint density at radius 2 is 1.88 bits per heavy atom. The predicted molar refractivity (Wildman–Crippen MR) is 70.8 cm³/mol. The van der Waals surface area contributed by atoms with Crippen LogP contribution in [0.3, 0.4) is 0 Å². The number of rotatable bonds is 3. The third-order valence-corrected chi connectivity index (χ3v) is 3.77. The fraction of sp³-hybridized carbons (Fsp3) is 0.538. The van der Waals surface area contributed by atoms with Crippen LogP contribution in [-0.4, -0.2) is 37.2 Å². The van der Waals surface area contributed by atoms with Gasteiger partial charge in [0.1, 0.15) is 5.75 Å². The molecule has 0 saturated carbocycles. The molecule has 17 heavy (non-hydrogen) atoms. The molecule has 3 rings (SSSR count). The van der Waals surface area contributed by atoms with Crippen molar-refractivity contribution in [2.45, 2.75) is 25.0 Å². The van der Waals surface area contributed by atoms with Crippen LogP contribution in [0.5, 0.6) is 5.75 Å². The maximum absolute atomic E-state index is 5.17. The summed E-state index contributed by atoms with van der Waals surface area (Å²) in [7, 11) is 1.71. The van der Waals surface area contributed by atoms with E-state index in [4.69, 9.17) is 4.74 Å². The lowest BCUT2D eigenvalue weighted by Gasteiger charge is -2.53. The summed E-state index contributed by atoms with van der Waals surface area (Å²) in [5.41, 5.74) is 1.39. The van der Waals surface area contributed by atoms with Gasteiger partial charge >= 0.3 is 0 Å². The normalized spacial score (nSPS) is 26.9. The van der Waals surface area contributed by atoms with Crippen LogP contribution in [0.2, 0.25) is 0 Å². The Morgan fingerprint density at radius 1 is 1.24 bits per heavy atom. The molecule has 2 bridgehead atoms. The Labute approximate surface area is 109 Å². The van der Waals surface area contributed by atoms with Crippen LogP contribution in [0.25, 0.3) is 0 Å².